The average Bonchev–Trinajstić information content (AvgIpc) is 2.55. The van der Waals surface area contributed by atoms with Crippen LogP contribution >= 0.6 is 23.2 Å². The summed E-state index contributed by atoms with van der Waals surface area (Å²) in [5, 5.41) is 9.10. The molecule has 2 aromatic carbocycles. The summed E-state index contributed by atoms with van der Waals surface area (Å²) in [4.78, 5) is 13.8. The van der Waals surface area contributed by atoms with E-state index in [-0.39, 0.29) is 20.5 Å². The molecule has 0 aliphatic rings. The first-order valence-corrected chi connectivity index (χ1v) is 8.35. The van der Waals surface area contributed by atoms with E-state index in [1.165, 1.54) is 42.5 Å². The first kappa shape index (κ1) is 17.2. The molecule has 0 saturated heterocycles. The minimum atomic E-state index is -3.98. The van der Waals surface area contributed by atoms with Crippen LogP contribution in [-0.4, -0.2) is 14.3 Å². The Labute approximate surface area is 142 Å². The van der Waals surface area contributed by atoms with E-state index < -0.39 is 15.9 Å². The molecule has 0 atom stereocenters. The predicted octanol–water partition coefficient (Wildman–Crippen LogP) is 2.49. The highest BCUT2D eigenvalue weighted by Crippen LogP contribution is 2.20. The highest BCUT2D eigenvalue weighted by Gasteiger charge is 2.17. The fourth-order valence-corrected chi connectivity index (χ4v) is 2.83. The Morgan fingerprint density at radius 2 is 1.74 bits per heavy atom. The predicted molar refractivity (Wildman–Crippen MR) is 85.4 cm³/mol. The van der Waals surface area contributed by atoms with E-state index in [0.29, 0.717) is 5.56 Å². The summed E-state index contributed by atoms with van der Waals surface area (Å²) in [6, 6.07) is 11.3. The Bertz CT molecular complexity index is 890. The third-order valence-electron chi connectivity index (χ3n) is 2.77. The molecule has 2 N–H and O–H groups in total. The van der Waals surface area contributed by atoms with Crippen LogP contribution in [0.25, 0.3) is 0 Å². The Morgan fingerprint density at radius 1 is 1.09 bits per heavy atom. The van der Waals surface area contributed by atoms with E-state index in [4.69, 9.17) is 28.5 Å². The lowest BCUT2D eigenvalue weighted by molar-refractivity contribution is 0.0945. The van der Waals surface area contributed by atoms with Crippen molar-refractivity contribution >= 4 is 39.1 Å². The van der Waals surface area contributed by atoms with Gasteiger partial charge in [-0.2, -0.15) is 5.26 Å². The maximum atomic E-state index is 12.1. The Balaban J connectivity index is 2.14. The molecule has 118 valence electrons. The number of hydrogen-bond donors (Lipinski definition) is 2. The molecule has 0 saturated carbocycles. The highest BCUT2D eigenvalue weighted by molar-refractivity contribution is 7.89. The van der Waals surface area contributed by atoms with Crippen LogP contribution in [0.1, 0.15) is 15.9 Å². The first-order valence-electron chi connectivity index (χ1n) is 6.11. The number of rotatable bonds is 4. The van der Waals surface area contributed by atoms with Crippen LogP contribution in [0.4, 0.5) is 0 Å². The number of carbonyl (C=O) groups excluding carboxylic acids is 1. The molecule has 0 aliphatic heterocycles. The van der Waals surface area contributed by atoms with Gasteiger partial charge in [-0.3, -0.25) is 10.2 Å². The fraction of sp³-hybridized carbons (Fsp3) is 0. The van der Waals surface area contributed by atoms with Crippen molar-refractivity contribution < 1.29 is 13.2 Å². The lowest BCUT2D eigenvalue weighted by atomic mass is 10.2. The van der Waals surface area contributed by atoms with Gasteiger partial charge in [0.1, 0.15) is 0 Å². The number of sulfonamides is 1. The Kier molecular flexibility index (Phi) is 5.23. The molecule has 23 heavy (non-hydrogen) atoms. The second kappa shape index (κ2) is 6.98. The maximum Gasteiger partial charge on any atom is 0.267 e. The number of amides is 1. The molecule has 0 bridgehead atoms. The zero-order valence-electron chi connectivity index (χ0n) is 11.4. The van der Waals surface area contributed by atoms with Crippen LogP contribution in [0, 0.1) is 11.3 Å². The van der Waals surface area contributed by atoms with E-state index in [1.54, 1.807) is 0 Å². The van der Waals surface area contributed by atoms with Gasteiger partial charge in [-0.05, 0) is 42.5 Å². The van der Waals surface area contributed by atoms with E-state index in [0.717, 1.165) is 0 Å². The van der Waals surface area contributed by atoms with Gasteiger partial charge < -0.3 is 0 Å². The summed E-state index contributed by atoms with van der Waals surface area (Å²) in [5.74, 6) is -0.755. The number of nitriles is 1. The van der Waals surface area contributed by atoms with Crippen LogP contribution < -0.4 is 10.3 Å². The molecule has 0 spiro atoms. The zero-order chi connectivity index (χ0) is 17.0. The van der Waals surface area contributed by atoms with Gasteiger partial charge in [0.25, 0.3) is 15.9 Å². The highest BCUT2D eigenvalue weighted by atomic mass is 35.5. The Morgan fingerprint density at radius 3 is 2.35 bits per heavy atom. The van der Waals surface area contributed by atoms with E-state index in [2.05, 4.69) is 0 Å². The smallest absolute Gasteiger partial charge is 0.267 e. The second-order valence-corrected chi connectivity index (χ2v) is 6.85. The number of nitrogens with one attached hydrogen (secondary N) is 2. The van der Waals surface area contributed by atoms with Crippen LogP contribution in [0.2, 0.25) is 10.0 Å². The lowest BCUT2D eigenvalue weighted by Crippen LogP contribution is -2.41. The summed E-state index contributed by atoms with van der Waals surface area (Å²) in [7, 11) is -3.98. The van der Waals surface area contributed by atoms with Gasteiger partial charge in [0.2, 0.25) is 0 Å². The first-order chi connectivity index (χ1) is 10.8. The third kappa shape index (κ3) is 4.21. The zero-order valence-corrected chi connectivity index (χ0v) is 13.7. The van der Waals surface area contributed by atoms with Crippen molar-refractivity contribution in [2.24, 2.45) is 0 Å². The molecule has 0 radical (unpaired) electrons. The van der Waals surface area contributed by atoms with Crippen LogP contribution in [-0.2, 0) is 10.0 Å². The fourth-order valence-electron chi connectivity index (χ4n) is 1.62. The maximum absolute atomic E-state index is 12.1. The molecule has 0 aliphatic carbocycles. The van der Waals surface area contributed by atoms with Crippen molar-refractivity contribution in [1.82, 2.24) is 10.3 Å². The molecule has 2 aromatic rings. The average molecular weight is 370 g/mol. The van der Waals surface area contributed by atoms with Crippen LogP contribution in [0.15, 0.2) is 47.4 Å². The van der Waals surface area contributed by atoms with E-state index >= 15 is 0 Å². The minimum absolute atomic E-state index is 0.0293. The molecule has 6 nitrogen and oxygen atoms in total. The van der Waals surface area contributed by atoms with E-state index in [9.17, 15) is 13.2 Å². The van der Waals surface area contributed by atoms with Crippen molar-refractivity contribution in [1.29, 1.82) is 5.26 Å². The summed E-state index contributed by atoms with van der Waals surface area (Å²) in [6.45, 7) is 0. The molecular weight excluding hydrogens is 361 g/mol. The van der Waals surface area contributed by atoms with Crippen LogP contribution in [0.5, 0.6) is 0 Å². The van der Waals surface area contributed by atoms with Gasteiger partial charge in [0, 0.05) is 5.02 Å². The lowest BCUT2D eigenvalue weighted by Gasteiger charge is -2.09. The molecule has 2 rings (SSSR count). The summed E-state index contributed by atoms with van der Waals surface area (Å²) >= 11 is 11.6. The van der Waals surface area contributed by atoms with Gasteiger partial charge in [0.05, 0.1) is 27.1 Å². The molecule has 0 heterocycles. The van der Waals surface area contributed by atoms with Crippen molar-refractivity contribution in [2.75, 3.05) is 0 Å². The van der Waals surface area contributed by atoms with Crippen molar-refractivity contribution in [3.05, 3.63) is 63.6 Å². The SMILES string of the molecule is N#Cc1ccc(S(=O)(=O)NNC(=O)c2cc(Cl)ccc2Cl)cc1. The number of halogens is 2. The van der Waals surface area contributed by atoms with Crippen molar-refractivity contribution in [3.63, 3.8) is 0 Å². The normalized spacial score (nSPS) is 10.8. The molecule has 9 heteroatoms. The van der Waals surface area contributed by atoms with Gasteiger partial charge >= 0.3 is 0 Å². The Hall–Kier alpha value is -2.11. The number of nitrogens with zero attached hydrogens (tertiary/aromatic N) is 1. The largest absolute Gasteiger partial charge is 0.273 e. The second-order valence-electron chi connectivity index (χ2n) is 4.32. The summed E-state index contributed by atoms with van der Waals surface area (Å²) in [6.07, 6.45) is 0. The topological polar surface area (TPSA) is 99.1 Å². The quantitative estimate of drug-likeness (QED) is 0.808. The summed E-state index contributed by atoms with van der Waals surface area (Å²) in [5.41, 5.74) is 2.40. The van der Waals surface area contributed by atoms with Gasteiger partial charge in [-0.15, -0.1) is 4.83 Å². The number of hydrazine groups is 1. The third-order valence-corrected chi connectivity index (χ3v) is 4.59. The van der Waals surface area contributed by atoms with E-state index in [1.807, 2.05) is 16.3 Å². The standard InChI is InChI=1S/C14H9Cl2N3O3S/c15-10-3-6-13(16)12(7-10)14(20)18-19-23(21,22)11-4-1-9(8-17)2-5-11/h1-7,19H,(H,18,20). The van der Waals surface area contributed by atoms with Gasteiger partial charge in [-0.25, -0.2) is 8.42 Å². The van der Waals surface area contributed by atoms with Crippen molar-refractivity contribution in [2.45, 2.75) is 4.90 Å². The molecule has 0 unspecified atom stereocenters. The number of carbonyl (C=O) groups is 1. The number of hydrogen-bond acceptors (Lipinski definition) is 4. The monoisotopic (exact) mass is 369 g/mol. The van der Waals surface area contributed by atoms with Crippen molar-refractivity contribution in [3.8, 4) is 6.07 Å². The number of benzene rings is 2. The molecular formula is C14H9Cl2N3O3S. The molecule has 0 fully saturated rings. The van der Waals surface area contributed by atoms with Gasteiger partial charge in [-0.1, -0.05) is 23.2 Å². The summed E-state index contributed by atoms with van der Waals surface area (Å²) < 4.78 is 24.1. The van der Waals surface area contributed by atoms with Gasteiger partial charge in [0.15, 0.2) is 0 Å². The van der Waals surface area contributed by atoms with Crippen LogP contribution in [0.3, 0.4) is 0 Å². The molecule has 1 amide bonds. The minimum Gasteiger partial charge on any atom is -0.273 e. The molecule has 0 aromatic heterocycles.